The number of furan rings is 1. The molecule has 3 aromatic rings. The van der Waals surface area contributed by atoms with Gasteiger partial charge in [0.1, 0.15) is 5.76 Å². The van der Waals surface area contributed by atoms with Gasteiger partial charge in [-0.25, -0.2) is 4.98 Å². The summed E-state index contributed by atoms with van der Waals surface area (Å²) in [6.45, 7) is 5.01. The molecule has 1 N–H and O–H groups in total. The number of aromatic nitrogens is 2. The van der Waals surface area contributed by atoms with Crippen LogP contribution in [0.2, 0.25) is 0 Å². The number of nitrogens with zero attached hydrogens (tertiary/aromatic N) is 2. The van der Waals surface area contributed by atoms with E-state index in [2.05, 4.69) is 27.0 Å². The highest BCUT2D eigenvalue weighted by Gasteiger charge is 2.19. The van der Waals surface area contributed by atoms with Crippen molar-refractivity contribution in [3.05, 3.63) is 60.7 Å². The first-order valence-corrected chi connectivity index (χ1v) is 9.14. The second-order valence-electron chi connectivity index (χ2n) is 5.61. The number of benzene rings is 1. The number of carbonyl (C=O) groups is 1. The Hall–Kier alpha value is -2.47. The number of thioether (sulfide) groups is 1. The monoisotopic (exact) mass is 355 g/mol. The lowest BCUT2D eigenvalue weighted by Gasteiger charge is -2.14. The lowest BCUT2D eigenvalue weighted by molar-refractivity contribution is -0.120. The van der Waals surface area contributed by atoms with Crippen molar-refractivity contribution in [2.24, 2.45) is 0 Å². The average molecular weight is 355 g/mol. The molecule has 1 amide bonds. The number of hydrogen-bond acceptors (Lipinski definition) is 4. The zero-order valence-corrected chi connectivity index (χ0v) is 15.1. The Morgan fingerprint density at radius 2 is 2.08 bits per heavy atom. The molecule has 0 bridgehead atoms. The van der Waals surface area contributed by atoms with Crippen LogP contribution >= 0.6 is 11.8 Å². The van der Waals surface area contributed by atoms with Gasteiger partial charge >= 0.3 is 0 Å². The molecule has 0 radical (unpaired) electrons. The van der Waals surface area contributed by atoms with E-state index < -0.39 is 0 Å². The Morgan fingerprint density at radius 3 is 2.76 bits per heavy atom. The van der Waals surface area contributed by atoms with Crippen LogP contribution in [-0.4, -0.2) is 27.3 Å². The maximum absolute atomic E-state index is 12.1. The van der Waals surface area contributed by atoms with Crippen LogP contribution in [0.1, 0.15) is 19.6 Å². The number of rotatable bonds is 7. The van der Waals surface area contributed by atoms with Gasteiger partial charge in [-0.2, -0.15) is 0 Å². The van der Waals surface area contributed by atoms with E-state index in [-0.39, 0.29) is 11.2 Å². The van der Waals surface area contributed by atoms with Crippen molar-refractivity contribution in [2.45, 2.75) is 30.8 Å². The van der Waals surface area contributed by atoms with Gasteiger partial charge in [-0.3, -0.25) is 4.79 Å². The molecule has 0 spiro atoms. The Labute approximate surface area is 151 Å². The number of hydrogen-bond donors (Lipinski definition) is 1. The third-order valence-corrected chi connectivity index (χ3v) is 4.89. The molecule has 0 saturated carbocycles. The summed E-state index contributed by atoms with van der Waals surface area (Å²) in [4.78, 5) is 16.6. The standard InChI is InChI=1S/C19H21N3O2S/c1-3-20-18(23)14(2)25-19-21-12-17(15-8-5-4-6-9-15)22(19)13-16-10-7-11-24-16/h4-12,14H,3,13H2,1-2H3,(H,20,23)/t14-/m1/s1. The maximum Gasteiger partial charge on any atom is 0.233 e. The lowest BCUT2D eigenvalue weighted by Crippen LogP contribution is -2.30. The highest BCUT2D eigenvalue weighted by atomic mass is 32.2. The molecule has 0 fully saturated rings. The largest absolute Gasteiger partial charge is 0.467 e. The summed E-state index contributed by atoms with van der Waals surface area (Å²) >= 11 is 1.45. The van der Waals surface area contributed by atoms with Crippen molar-refractivity contribution in [3.63, 3.8) is 0 Å². The SMILES string of the molecule is CCNC(=O)[C@@H](C)Sc1ncc(-c2ccccc2)n1Cc1ccco1. The van der Waals surface area contributed by atoms with Gasteiger partial charge in [0.2, 0.25) is 5.91 Å². The Balaban J connectivity index is 1.92. The quantitative estimate of drug-likeness (QED) is 0.655. The van der Waals surface area contributed by atoms with Gasteiger partial charge < -0.3 is 14.3 Å². The predicted molar refractivity (Wildman–Crippen MR) is 99.5 cm³/mol. The highest BCUT2D eigenvalue weighted by molar-refractivity contribution is 8.00. The smallest absolute Gasteiger partial charge is 0.233 e. The third kappa shape index (κ3) is 4.14. The van der Waals surface area contributed by atoms with Gasteiger partial charge in [0, 0.05) is 6.54 Å². The summed E-state index contributed by atoms with van der Waals surface area (Å²) in [6.07, 6.45) is 3.52. The Morgan fingerprint density at radius 1 is 1.28 bits per heavy atom. The van der Waals surface area contributed by atoms with Crippen molar-refractivity contribution >= 4 is 17.7 Å². The summed E-state index contributed by atoms with van der Waals surface area (Å²) in [5.41, 5.74) is 2.08. The molecule has 0 aliphatic heterocycles. The van der Waals surface area contributed by atoms with E-state index in [1.807, 2.05) is 50.4 Å². The molecular weight excluding hydrogens is 334 g/mol. The summed E-state index contributed by atoms with van der Waals surface area (Å²) in [6, 6.07) is 13.9. The summed E-state index contributed by atoms with van der Waals surface area (Å²) < 4.78 is 7.60. The second-order valence-corrected chi connectivity index (χ2v) is 6.92. The van der Waals surface area contributed by atoms with E-state index in [4.69, 9.17) is 4.42 Å². The lowest BCUT2D eigenvalue weighted by atomic mass is 10.2. The minimum atomic E-state index is -0.221. The molecule has 5 nitrogen and oxygen atoms in total. The average Bonchev–Trinajstić information content (AvgIpc) is 3.27. The fourth-order valence-corrected chi connectivity index (χ4v) is 3.44. The van der Waals surface area contributed by atoms with E-state index >= 15 is 0 Å². The van der Waals surface area contributed by atoms with E-state index in [1.54, 1.807) is 6.26 Å². The molecule has 6 heteroatoms. The van der Waals surface area contributed by atoms with Crippen molar-refractivity contribution in [1.82, 2.24) is 14.9 Å². The Kier molecular flexibility index (Phi) is 5.60. The van der Waals surface area contributed by atoms with Gasteiger partial charge in [-0.05, 0) is 31.5 Å². The molecule has 0 aliphatic rings. The molecule has 1 aromatic carbocycles. The second kappa shape index (κ2) is 8.07. The summed E-state index contributed by atoms with van der Waals surface area (Å²) in [7, 11) is 0. The summed E-state index contributed by atoms with van der Waals surface area (Å²) in [5, 5.41) is 3.43. The van der Waals surface area contributed by atoms with E-state index in [0.29, 0.717) is 13.1 Å². The molecule has 0 saturated heterocycles. The first-order valence-electron chi connectivity index (χ1n) is 8.26. The number of carbonyl (C=O) groups excluding carboxylic acids is 1. The van der Waals surface area contributed by atoms with Gasteiger partial charge in [-0.15, -0.1) is 0 Å². The van der Waals surface area contributed by atoms with Crippen molar-refractivity contribution in [2.75, 3.05) is 6.54 Å². The van der Waals surface area contributed by atoms with Crippen LogP contribution in [0.25, 0.3) is 11.3 Å². The number of nitrogens with one attached hydrogen (secondary N) is 1. The molecule has 130 valence electrons. The Bertz CT molecular complexity index is 813. The fourth-order valence-electron chi connectivity index (χ4n) is 2.53. The molecule has 25 heavy (non-hydrogen) atoms. The van der Waals surface area contributed by atoms with Gasteiger partial charge in [-0.1, -0.05) is 42.1 Å². The van der Waals surface area contributed by atoms with Crippen LogP contribution in [-0.2, 0) is 11.3 Å². The molecule has 2 aromatic heterocycles. The predicted octanol–water partition coefficient (Wildman–Crippen LogP) is 3.81. The first-order chi connectivity index (χ1) is 12.2. The van der Waals surface area contributed by atoms with Gasteiger partial charge in [0.15, 0.2) is 5.16 Å². The van der Waals surface area contributed by atoms with E-state index in [1.165, 1.54) is 11.8 Å². The van der Waals surface area contributed by atoms with Gasteiger partial charge in [0.25, 0.3) is 0 Å². The van der Waals surface area contributed by atoms with E-state index in [9.17, 15) is 4.79 Å². The zero-order valence-electron chi connectivity index (χ0n) is 14.3. The van der Waals surface area contributed by atoms with Crippen LogP contribution < -0.4 is 5.32 Å². The van der Waals surface area contributed by atoms with Crippen LogP contribution in [0.4, 0.5) is 0 Å². The molecular formula is C19H21N3O2S. The minimum absolute atomic E-state index is 0.0151. The normalized spacial score (nSPS) is 12.1. The first kappa shape index (κ1) is 17.4. The molecule has 2 heterocycles. The number of imidazole rings is 1. The molecule has 0 unspecified atom stereocenters. The minimum Gasteiger partial charge on any atom is -0.467 e. The number of amides is 1. The van der Waals surface area contributed by atoms with Crippen molar-refractivity contribution < 1.29 is 9.21 Å². The van der Waals surface area contributed by atoms with Crippen molar-refractivity contribution in [1.29, 1.82) is 0 Å². The molecule has 0 aliphatic carbocycles. The van der Waals surface area contributed by atoms with Crippen LogP contribution in [0.15, 0.2) is 64.5 Å². The topological polar surface area (TPSA) is 60.1 Å². The fraction of sp³-hybridized carbons (Fsp3) is 0.263. The van der Waals surface area contributed by atoms with Crippen molar-refractivity contribution in [3.8, 4) is 11.3 Å². The third-order valence-electron chi connectivity index (χ3n) is 3.79. The van der Waals surface area contributed by atoms with Crippen LogP contribution in [0.5, 0.6) is 0 Å². The molecule has 3 rings (SSSR count). The van der Waals surface area contributed by atoms with E-state index in [0.717, 1.165) is 22.2 Å². The van der Waals surface area contributed by atoms with Crippen LogP contribution in [0.3, 0.4) is 0 Å². The maximum atomic E-state index is 12.1. The summed E-state index contributed by atoms with van der Waals surface area (Å²) in [5.74, 6) is 0.865. The van der Waals surface area contributed by atoms with Crippen LogP contribution in [0, 0.1) is 0 Å². The van der Waals surface area contributed by atoms with Gasteiger partial charge in [0.05, 0.1) is 29.9 Å². The highest BCUT2D eigenvalue weighted by Crippen LogP contribution is 2.29. The molecule has 1 atom stereocenters. The zero-order chi connectivity index (χ0) is 17.6.